The molecule has 36 heteroatoms. The zero-order chi connectivity index (χ0) is 100. The van der Waals surface area contributed by atoms with Gasteiger partial charge in [-0.1, -0.05) is 304 Å². The molecule has 0 spiro atoms. The molecule has 6 N–H and O–H groups in total. The van der Waals surface area contributed by atoms with E-state index in [-0.39, 0.29) is 231 Å². The molecule has 13 rings (SSSR count). The van der Waals surface area contributed by atoms with E-state index in [0.29, 0.717) is 73.6 Å². The van der Waals surface area contributed by atoms with Crippen LogP contribution in [0.3, 0.4) is 0 Å². The van der Waals surface area contributed by atoms with Crippen LogP contribution in [0.1, 0.15) is 261 Å². The number of hydrogen-bond donors (Lipinski definition) is 6. The fourth-order valence-corrected chi connectivity index (χ4v) is 20.7. The van der Waals surface area contributed by atoms with E-state index in [9.17, 15) is 51.9 Å². The van der Waals surface area contributed by atoms with Gasteiger partial charge in [-0.15, -0.1) is 0 Å². The van der Waals surface area contributed by atoms with Gasteiger partial charge in [0.1, 0.15) is 57.1 Å². The van der Waals surface area contributed by atoms with Crippen LogP contribution < -0.4 is 37.9 Å². The third-order valence-electron chi connectivity index (χ3n) is 24.7. The zero-order valence-corrected chi connectivity index (χ0v) is 87.0. The first-order chi connectivity index (χ1) is 67.5. The van der Waals surface area contributed by atoms with Gasteiger partial charge in [-0.25, -0.2) is 29.9 Å². The van der Waals surface area contributed by atoms with Crippen molar-refractivity contribution in [1.29, 1.82) is 0 Å². The molecule has 0 atom stereocenters. The van der Waals surface area contributed by atoms with Crippen LogP contribution in [-0.4, -0.2) is 145 Å². The fourth-order valence-electron chi connectivity index (χ4n) is 17.4. The summed E-state index contributed by atoms with van der Waals surface area (Å²) in [5.74, 6) is 0.0688. The molecule has 0 fully saturated rings. The molecule has 5 heterocycles. The Morgan fingerprint density at radius 3 is 0.600 bits per heavy atom. The van der Waals surface area contributed by atoms with Crippen molar-refractivity contribution in [3.05, 3.63) is 117 Å². The zero-order valence-electron chi connectivity index (χ0n) is 80.7. The fraction of sp³-hybridized carbons (Fsp3) is 0.462. The number of halogens is 4. The number of fused-ring (bicyclic) bond motifs is 20. The number of benzene rings is 8. The van der Waals surface area contributed by atoms with Gasteiger partial charge < -0.3 is 47.9 Å². The number of unbranched alkanes of at least 4 members (excludes halogenated alkanes) is 24. The van der Waals surface area contributed by atoms with Crippen LogP contribution in [0.15, 0.2) is 117 Å². The molecule has 0 amide bonds. The Labute approximate surface area is 840 Å². The third kappa shape index (κ3) is 25.4. The highest BCUT2D eigenvalue weighted by atomic mass is 35.5. The summed E-state index contributed by atoms with van der Waals surface area (Å²) in [5, 5.41) is 0.633. The number of nitrogens with zero attached hydrogens (tertiary/aromatic N) is 6. The van der Waals surface area contributed by atoms with Crippen molar-refractivity contribution >= 4 is 131 Å². The van der Waals surface area contributed by atoms with Gasteiger partial charge in [-0.05, 0) is 122 Å². The molecule has 0 aliphatic carbocycles. The van der Waals surface area contributed by atoms with Gasteiger partial charge in [0.25, 0.3) is 40.5 Å². The molecule has 0 saturated heterocycles. The maximum Gasteiger partial charge on any atom is 0.294 e. The molecule has 0 saturated carbocycles. The van der Waals surface area contributed by atoms with E-state index < -0.39 is 60.1 Å². The van der Waals surface area contributed by atoms with Crippen molar-refractivity contribution in [3.63, 3.8) is 0 Å². The van der Waals surface area contributed by atoms with Crippen LogP contribution in [0, 0.1) is 0 Å². The van der Waals surface area contributed by atoms with Crippen molar-refractivity contribution in [3.8, 4) is 136 Å². The minimum absolute atomic E-state index is 0.0113. The van der Waals surface area contributed by atoms with E-state index in [4.69, 9.17) is 114 Å². The van der Waals surface area contributed by atoms with Crippen molar-refractivity contribution in [2.45, 2.75) is 280 Å². The quantitative estimate of drug-likeness (QED) is 0.0152. The normalized spacial score (nSPS) is 12.2. The van der Waals surface area contributed by atoms with Gasteiger partial charge in [0.2, 0.25) is 0 Å². The lowest BCUT2D eigenvalue weighted by molar-refractivity contribution is 0.300. The second kappa shape index (κ2) is 50.0. The molecule has 8 aromatic carbocycles. The molecular formula is C104H126Cl4N8O20S4. The van der Waals surface area contributed by atoms with Gasteiger partial charge in [-0.3, -0.25) is 18.2 Å². The smallest absolute Gasteiger partial charge is 0.294 e. The molecule has 11 aromatic rings. The summed E-state index contributed by atoms with van der Waals surface area (Å²) in [7, 11) is -19.1. The lowest BCUT2D eigenvalue weighted by atomic mass is 9.96. The van der Waals surface area contributed by atoms with E-state index in [2.05, 4.69) is 65.4 Å². The Morgan fingerprint density at radius 1 is 0.221 bits per heavy atom. The summed E-state index contributed by atoms with van der Waals surface area (Å²) in [4.78, 5) is 40.3. The highest BCUT2D eigenvalue weighted by Crippen LogP contribution is 2.61. The lowest BCUT2D eigenvalue weighted by Gasteiger charge is -2.21. The maximum atomic E-state index is 13.1. The van der Waals surface area contributed by atoms with E-state index in [1.807, 2.05) is 0 Å². The van der Waals surface area contributed by atoms with Crippen molar-refractivity contribution < 1.29 is 89.8 Å². The molecule has 8 bridgehead atoms. The average Bonchev–Trinajstić information content (AvgIpc) is 1.55. The SMILES string of the molecule is CCCCCCOc1c(Cl)c(-c2ccc(S(=O)(=O)O)cc2)c(OCCCCCC)c2c1-c1nc-2nc2[nH]c(nc3nc(nc4[nH]c(n1)c1c(OCCCCCC)c(Cl)c(-c5ccc(S(=O)(=O)O)cc5)c(OCCCCCC)c41)-c1c(OCCCCCC)c(Cl)c(-c4ccc(S(=O)(=O)O)cc4)c(OCCCCCC)c1-3)c1c(OCCCCCC)c(-c3ccc(S(=O)(=O)O)cc3)c(Cl)c(OCCCCCC)c21. The topological polar surface area (TPSA) is 400 Å². The van der Waals surface area contributed by atoms with Crippen LogP contribution in [0.2, 0.25) is 20.1 Å². The Kier molecular flexibility index (Phi) is 38.4. The number of H-pyrrole nitrogens is 2. The van der Waals surface area contributed by atoms with E-state index >= 15 is 0 Å². The summed E-state index contributed by atoms with van der Waals surface area (Å²) in [6.45, 7) is 17.3. The highest BCUT2D eigenvalue weighted by molar-refractivity contribution is 7.86. The molecule has 2 aliphatic rings. The van der Waals surface area contributed by atoms with Gasteiger partial charge in [0.15, 0.2) is 34.8 Å². The first kappa shape index (κ1) is 108. The molecule has 28 nitrogen and oxygen atoms in total. The number of ether oxygens (including phenoxy) is 8. The standard InChI is InChI=1S/C104H126Cl4N8O20S4/c1-9-17-25-33-57-129-89-73(65-41-49-69(50-42-65)137(117,118)119)85(105)93(133-61-37-29-21-13-5)81-77(89)97-109-98-78-82(94(134-62-38-30-22-14-6)86(106)74(90(78)130-58-34-26-18-10-2)66-43-51-70(52-44-66)138(120,121)122)102(111-98)113-100-80-84(96(136-64-40-32-24-16-8)88(108)76(92(80)132-60-36-28-20-12-4)68-47-55-72(56-48-68)140(126,127)128)104(115-100)116-103-83-79(99(114-103)112-101(81)110-97)91(131-59-35-27-19-11-3)75(67-45-53-71(54-46-67)139(123,124)125)87(107)95(83)135-63-39-31-23-15-7/h41-56H,9-40,57-64H2,1-8H3,(H,117,118,119)(H,120,121,122)(H,123,124,125)(H,126,127,128)(H2,109,110,111,112,113,114,115,116). The van der Waals surface area contributed by atoms with Gasteiger partial charge >= 0.3 is 0 Å². The van der Waals surface area contributed by atoms with Crippen LogP contribution in [-0.2, 0) is 40.5 Å². The molecule has 0 unspecified atom stereocenters. The number of aromatic amines is 2. The number of aromatic nitrogens is 8. The second-order valence-corrected chi connectivity index (χ2v) is 42.5. The molecule has 0 radical (unpaired) electrons. The van der Waals surface area contributed by atoms with Crippen LogP contribution in [0.4, 0.5) is 0 Å². The van der Waals surface area contributed by atoms with E-state index in [0.717, 1.165) is 154 Å². The number of nitrogens with one attached hydrogen (secondary N) is 2. The first-order valence-corrected chi connectivity index (χ1v) is 56.5. The van der Waals surface area contributed by atoms with Crippen molar-refractivity contribution in [2.75, 3.05) is 52.9 Å². The lowest BCUT2D eigenvalue weighted by Crippen LogP contribution is -2.06. The summed E-state index contributed by atoms with van der Waals surface area (Å²) in [6.07, 6.45) is 23.8. The molecule has 3 aromatic heterocycles. The van der Waals surface area contributed by atoms with E-state index in [1.54, 1.807) is 0 Å². The largest absolute Gasteiger partial charge is 0.492 e. The average molecular weight is 2080 g/mol. The van der Waals surface area contributed by atoms with Crippen molar-refractivity contribution in [1.82, 2.24) is 39.9 Å². The molecule has 754 valence electrons. The molecule has 140 heavy (non-hydrogen) atoms. The first-order valence-electron chi connectivity index (χ1n) is 49.2. The Morgan fingerprint density at radius 2 is 0.393 bits per heavy atom. The predicted molar refractivity (Wildman–Crippen MR) is 554 cm³/mol. The van der Waals surface area contributed by atoms with Gasteiger partial charge in [-0.2, -0.15) is 33.7 Å². The number of rotatable bonds is 56. The Balaban J connectivity index is 1.37. The number of hydrogen-bond acceptors (Lipinski definition) is 22. The minimum Gasteiger partial charge on any atom is -0.492 e. The minimum atomic E-state index is -4.79. The third-order valence-corrected chi connectivity index (χ3v) is 29.6. The van der Waals surface area contributed by atoms with Crippen molar-refractivity contribution in [2.24, 2.45) is 0 Å². The second-order valence-electron chi connectivity index (χ2n) is 35.3. The van der Waals surface area contributed by atoms with Crippen LogP contribution >= 0.6 is 46.4 Å². The highest BCUT2D eigenvalue weighted by Gasteiger charge is 2.40. The Bertz CT molecular complexity index is 6880. The monoisotopic (exact) mass is 2070 g/mol. The van der Waals surface area contributed by atoms with Crippen LogP contribution in [0.5, 0.6) is 46.0 Å². The molecule has 2 aliphatic heterocycles. The summed E-state index contributed by atoms with van der Waals surface area (Å²) in [5.41, 5.74) is 2.55. The summed E-state index contributed by atoms with van der Waals surface area (Å²) >= 11 is 32.9. The van der Waals surface area contributed by atoms with E-state index in [1.165, 1.54) is 97.1 Å². The maximum absolute atomic E-state index is 13.1. The van der Waals surface area contributed by atoms with Gasteiger partial charge in [0.05, 0.1) is 136 Å². The Hall–Kier alpha value is -9.68. The molecular weight excluding hydrogens is 1950 g/mol. The summed E-state index contributed by atoms with van der Waals surface area (Å²) in [6, 6.07) is 22.0. The van der Waals surface area contributed by atoms with Gasteiger partial charge in [0, 0.05) is 22.3 Å². The summed E-state index contributed by atoms with van der Waals surface area (Å²) < 4.78 is 205. The predicted octanol–water partition coefficient (Wildman–Crippen LogP) is 28.8. The van der Waals surface area contributed by atoms with Crippen LogP contribution in [0.25, 0.3) is 134 Å².